The van der Waals surface area contributed by atoms with Crippen LogP contribution in [0.5, 0.6) is 5.75 Å². The van der Waals surface area contributed by atoms with E-state index in [4.69, 9.17) is 15.2 Å². The van der Waals surface area contributed by atoms with Crippen molar-refractivity contribution < 1.29 is 35.9 Å². The highest BCUT2D eigenvalue weighted by molar-refractivity contribution is 7.93. The number of ether oxygens (including phenoxy) is 2. The van der Waals surface area contributed by atoms with Crippen LogP contribution in [0.1, 0.15) is 53.4 Å². The van der Waals surface area contributed by atoms with E-state index in [1.807, 2.05) is 4.72 Å². The first-order valence-corrected chi connectivity index (χ1v) is 15.0. The molecule has 1 amide bonds. The molecule has 5 N–H and O–H groups in total. The molecular weight excluding hydrogens is 603 g/mol. The van der Waals surface area contributed by atoms with Crippen molar-refractivity contribution in [2.24, 2.45) is 5.73 Å². The first kappa shape index (κ1) is 30.7. The third kappa shape index (κ3) is 6.92. The zero-order valence-corrected chi connectivity index (χ0v) is 24.1. The summed E-state index contributed by atoms with van der Waals surface area (Å²) in [5.74, 6) is -4.61. The molecule has 0 radical (unpaired) electrons. The van der Waals surface area contributed by atoms with Crippen molar-refractivity contribution >= 4 is 33.3 Å². The average Bonchev–Trinajstić information content (AvgIpc) is 3.43. The Balaban J connectivity index is 1.46. The Morgan fingerprint density at radius 2 is 1.84 bits per heavy atom. The minimum atomic E-state index is -5.06. The van der Waals surface area contributed by atoms with Gasteiger partial charge in [-0.2, -0.15) is 13.9 Å². The van der Waals surface area contributed by atoms with E-state index in [1.54, 1.807) is 13.1 Å². The Hall–Kier alpha value is -4.70. The van der Waals surface area contributed by atoms with Crippen LogP contribution in [0.2, 0.25) is 0 Å². The number of aromatic nitrogens is 4. The molecule has 1 aliphatic rings. The van der Waals surface area contributed by atoms with Gasteiger partial charge in [-0.05, 0) is 49.6 Å². The predicted molar refractivity (Wildman–Crippen MR) is 155 cm³/mol. The number of hydrogen-bond acceptors (Lipinski definition) is 9. The fourth-order valence-electron chi connectivity index (χ4n) is 4.66. The molecule has 1 unspecified atom stereocenters. The third-order valence-electron chi connectivity index (χ3n) is 6.97. The number of nitrogens with one attached hydrogen (secondary N) is 3. The summed E-state index contributed by atoms with van der Waals surface area (Å²) in [6.45, 7) is 2.91. The van der Waals surface area contributed by atoms with Gasteiger partial charge in [0, 0.05) is 24.7 Å². The molecule has 0 aliphatic carbocycles. The van der Waals surface area contributed by atoms with Crippen LogP contribution in [-0.4, -0.2) is 53.5 Å². The van der Waals surface area contributed by atoms with E-state index in [2.05, 4.69) is 25.5 Å². The van der Waals surface area contributed by atoms with Crippen molar-refractivity contribution in [3.05, 3.63) is 77.5 Å². The number of halogens is 3. The van der Waals surface area contributed by atoms with E-state index in [0.29, 0.717) is 24.6 Å². The maximum atomic E-state index is 13.4. The largest absolute Gasteiger partial charge is 0.484 e. The predicted octanol–water partition coefficient (Wildman–Crippen LogP) is 4.85. The molecule has 12 nitrogen and oxygen atoms in total. The second kappa shape index (κ2) is 12.9. The molecule has 0 bridgehead atoms. The number of carbonyl (C=O) groups is 1. The van der Waals surface area contributed by atoms with E-state index in [1.165, 1.54) is 48.7 Å². The smallest absolute Gasteiger partial charge is 0.355 e. The van der Waals surface area contributed by atoms with Gasteiger partial charge in [-0.1, -0.05) is 18.2 Å². The zero-order valence-electron chi connectivity index (χ0n) is 23.3. The number of sulfonamides is 1. The van der Waals surface area contributed by atoms with Crippen LogP contribution >= 0.6 is 0 Å². The maximum Gasteiger partial charge on any atom is 0.355 e. The standard InChI is InChI=1S/C28H28F3N7O5S/c1-15(16-2-5-19(29)6-3-16)43-22-12-18(4-7-20(22)38-44(40,41)28(30)31)25-24(26(32)39)27(37-36-25)35-23-14-33-21(13-34-23)17-8-10-42-11-9-17/h2-7,12-15,17,28,38H,8-11H2,1H3,(H2,32,39)(H2,34,35,36,37). The number of nitrogens with two attached hydrogens (primary N) is 1. The summed E-state index contributed by atoms with van der Waals surface area (Å²) in [6, 6.07) is 9.25. The van der Waals surface area contributed by atoms with Crippen molar-refractivity contribution in [2.75, 3.05) is 23.3 Å². The van der Waals surface area contributed by atoms with Crippen LogP contribution in [0.15, 0.2) is 54.9 Å². The molecule has 5 rings (SSSR count). The van der Waals surface area contributed by atoms with Gasteiger partial charge in [-0.15, -0.1) is 0 Å². The van der Waals surface area contributed by atoms with E-state index >= 15 is 0 Å². The monoisotopic (exact) mass is 631 g/mol. The molecule has 0 saturated carbocycles. The van der Waals surface area contributed by atoms with Crippen LogP contribution in [0.4, 0.5) is 30.5 Å². The van der Waals surface area contributed by atoms with Crippen LogP contribution < -0.4 is 20.5 Å². The van der Waals surface area contributed by atoms with Gasteiger partial charge in [0.25, 0.3) is 15.9 Å². The zero-order chi connectivity index (χ0) is 31.4. The Morgan fingerprint density at radius 1 is 1.11 bits per heavy atom. The molecule has 1 aliphatic heterocycles. The maximum absolute atomic E-state index is 13.4. The number of benzene rings is 2. The van der Waals surface area contributed by atoms with Crippen LogP contribution in [-0.2, 0) is 14.8 Å². The highest BCUT2D eigenvalue weighted by Crippen LogP contribution is 2.37. The van der Waals surface area contributed by atoms with Gasteiger partial charge in [0.2, 0.25) is 0 Å². The summed E-state index contributed by atoms with van der Waals surface area (Å²) < 4.78 is 76.8. The lowest BCUT2D eigenvalue weighted by atomic mass is 9.97. The molecule has 1 atom stereocenters. The lowest BCUT2D eigenvalue weighted by Gasteiger charge is -2.21. The molecule has 3 heterocycles. The summed E-state index contributed by atoms with van der Waals surface area (Å²) in [6.07, 6.45) is 4.06. The Bertz CT molecular complexity index is 1730. The van der Waals surface area contributed by atoms with E-state index in [0.717, 1.165) is 18.5 Å². The molecular formula is C28H28F3N7O5S. The van der Waals surface area contributed by atoms with Gasteiger partial charge in [0.1, 0.15) is 29.1 Å². The van der Waals surface area contributed by atoms with Crippen molar-refractivity contribution in [3.63, 3.8) is 0 Å². The van der Waals surface area contributed by atoms with Gasteiger partial charge in [0.15, 0.2) is 5.82 Å². The van der Waals surface area contributed by atoms with Crippen molar-refractivity contribution in [1.82, 2.24) is 20.2 Å². The van der Waals surface area contributed by atoms with Crippen LogP contribution in [0.25, 0.3) is 11.3 Å². The number of anilines is 3. The molecule has 44 heavy (non-hydrogen) atoms. The topological polar surface area (TPSA) is 174 Å². The molecule has 0 spiro atoms. The third-order valence-corrected chi connectivity index (χ3v) is 7.94. The van der Waals surface area contributed by atoms with Gasteiger partial charge >= 0.3 is 5.76 Å². The van der Waals surface area contributed by atoms with Gasteiger partial charge in [-0.3, -0.25) is 19.6 Å². The normalized spacial score (nSPS) is 14.8. The molecule has 4 aromatic rings. The number of aromatic amines is 1. The highest BCUT2D eigenvalue weighted by Gasteiger charge is 2.27. The summed E-state index contributed by atoms with van der Waals surface area (Å²) in [4.78, 5) is 21.4. The molecule has 2 aromatic carbocycles. The van der Waals surface area contributed by atoms with E-state index in [9.17, 15) is 26.4 Å². The van der Waals surface area contributed by atoms with Crippen LogP contribution in [0.3, 0.4) is 0 Å². The molecule has 1 fully saturated rings. The second-order valence-electron chi connectivity index (χ2n) is 9.95. The first-order chi connectivity index (χ1) is 21.0. The lowest BCUT2D eigenvalue weighted by Crippen LogP contribution is -2.21. The van der Waals surface area contributed by atoms with Crippen LogP contribution in [0, 0.1) is 5.82 Å². The van der Waals surface area contributed by atoms with Crippen molar-refractivity contribution in [3.8, 4) is 17.0 Å². The highest BCUT2D eigenvalue weighted by atomic mass is 32.2. The van der Waals surface area contributed by atoms with Gasteiger partial charge in [0.05, 0.1) is 29.5 Å². The van der Waals surface area contributed by atoms with E-state index in [-0.39, 0.29) is 40.0 Å². The number of nitrogens with zero attached hydrogens (tertiary/aromatic N) is 3. The molecule has 16 heteroatoms. The number of carbonyl (C=O) groups excluding carboxylic acids is 1. The second-order valence-corrected chi connectivity index (χ2v) is 11.6. The average molecular weight is 632 g/mol. The number of rotatable bonds is 11. The summed E-state index contributed by atoms with van der Waals surface area (Å²) in [5, 5.41) is 9.82. The fraction of sp³-hybridized carbons (Fsp3) is 0.286. The first-order valence-electron chi connectivity index (χ1n) is 13.4. The molecule has 232 valence electrons. The Morgan fingerprint density at radius 3 is 2.48 bits per heavy atom. The number of H-pyrrole nitrogens is 1. The SMILES string of the molecule is CC(Oc1cc(-c2[nH]nc(Nc3cnc(C4CCOCC4)cn3)c2C(N)=O)ccc1NS(=O)(=O)C(F)F)c1ccc(F)cc1. The number of amides is 1. The fourth-order valence-corrected chi connectivity index (χ4v) is 5.22. The van der Waals surface area contributed by atoms with Crippen molar-refractivity contribution in [2.45, 2.75) is 37.5 Å². The summed E-state index contributed by atoms with van der Waals surface area (Å²) in [7, 11) is -5.06. The van der Waals surface area contributed by atoms with Crippen molar-refractivity contribution in [1.29, 1.82) is 0 Å². The molecule has 1 saturated heterocycles. The Labute approximate surface area is 250 Å². The minimum Gasteiger partial charge on any atom is -0.484 e. The Kier molecular flexibility index (Phi) is 9.01. The number of hydrogen-bond donors (Lipinski definition) is 4. The van der Waals surface area contributed by atoms with Gasteiger partial charge in [-0.25, -0.2) is 17.8 Å². The number of alkyl halides is 2. The van der Waals surface area contributed by atoms with Gasteiger partial charge < -0.3 is 20.5 Å². The minimum absolute atomic E-state index is 0.0465. The summed E-state index contributed by atoms with van der Waals surface area (Å²) >= 11 is 0. The quantitative estimate of drug-likeness (QED) is 0.180. The lowest BCUT2D eigenvalue weighted by molar-refractivity contribution is 0.0844. The number of primary amides is 1. The van der Waals surface area contributed by atoms with E-state index < -0.39 is 33.6 Å². The molecule has 2 aromatic heterocycles. The summed E-state index contributed by atoms with van der Waals surface area (Å²) in [5.41, 5.74) is 7.10.